The van der Waals surface area contributed by atoms with Crippen LogP contribution < -0.4 is 5.73 Å². The SMILES string of the molecule is COC(=O)OCC[C@@H]1CC=C[C@@H]1n1cnc2c(Cl)nc(N)nc21. The molecule has 0 spiro atoms. The molecule has 8 nitrogen and oxygen atoms in total. The number of carbonyl (C=O) groups excluding carboxylic acids is 1. The van der Waals surface area contributed by atoms with Gasteiger partial charge < -0.3 is 19.8 Å². The first kappa shape index (κ1) is 15.5. The van der Waals surface area contributed by atoms with E-state index in [1.165, 1.54) is 7.11 Å². The highest BCUT2D eigenvalue weighted by molar-refractivity contribution is 6.33. The van der Waals surface area contributed by atoms with Crippen LogP contribution in [0.25, 0.3) is 11.2 Å². The van der Waals surface area contributed by atoms with Crippen LogP contribution in [-0.4, -0.2) is 39.4 Å². The number of nitrogens with two attached hydrogens (primary N) is 1. The number of methoxy groups -OCH3 is 1. The van der Waals surface area contributed by atoms with Crippen molar-refractivity contribution in [1.82, 2.24) is 19.5 Å². The summed E-state index contributed by atoms with van der Waals surface area (Å²) >= 11 is 6.06. The van der Waals surface area contributed by atoms with E-state index in [1.54, 1.807) is 6.33 Å². The van der Waals surface area contributed by atoms with Gasteiger partial charge in [0.15, 0.2) is 10.8 Å². The Hall–Kier alpha value is -2.35. The second-order valence-corrected chi connectivity index (χ2v) is 5.56. The number of nitrogens with zero attached hydrogens (tertiary/aromatic N) is 4. The molecule has 0 aromatic carbocycles. The number of hydrogen-bond donors (Lipinski definition) is 1. The van der Waals surface area contributed by atoms with E-state index in [2.05, 4.69) is 31.8 Å². The first-order valence-electron chi connectivity index (χ1n) is 7.13. The number of allylic oxidation sites excluding steroid dienone is 2. The molecule has 9 heteroatoms. The molecule has 2 N–H and O–H groups in total. The van der Waals surface area contributed by atoms with Crippen LogP contribution in [0.15, 0.2) is 18.5 Å². The average molecular weight is 338 g/mol. The maximum atomic E-state index is 11.0. The molecule has 0 radical (unpaired) electrons. The van der Waals surface area contributed by atoms with Gasteiger partial charge in [-0.15, -0.1) is 0 Å². The second-order valence-electron chi connectivity index (χ2n) is 5.20. The summed E-state index contributed by atoms with van der Waals surface area (Å²) in [6.45, 7) is 0.292. The van der Waals surface area contributed by atoms with E-state index in [1.807, 2.05) is 4.57 Å². The molecule has 0 fully saturated rings. The topological polar surface area (TPSA) is 105 Å². The van der Waals surface area contributed by atoms with Crippen molar-refractivity contribution < 1.29 is 14.3 Å². The number of ether oxygens (including phenoxy) is 2. The van der Waals surface area contributed by atoms with Crippen molar-refractivity contribution in [1.29, 1.82) is 0 Å². The maximum Gasteiger partial charge on any atom is 0.507 e. The van der Waals surface area contributed by atoms with Crippen LogP contribution in [0.2, 0.25) is 5.15 Å². The van der Waals surface area contributed by atoms with Gasteiger partial charge in [-0.1, -0.05) is 23.8 Å². The standard InChI is InChI=1S/C14H16ClN5O3/c1-22-14(21)23-6-5-8-3-2-4-9(8)20-7-17-10-11(15)18-13(16)19-12(10)20/h2,4,7-9H,3,5-6H2,1H3,(H2,16,18,19)/t8-,9-/m0/s1. The summed E-state index contributed by atoms with van der Waals surface area (Å²) in [6, 6.07) is 0.0478. The first-order valence-corrected chi connectivity index (χ1v) is 7.51. The van der Waals surface area contributed by atoms with Crippen LogP contribution in [0, 0.1) is 5.92 Å². The predicted molar refractivity (Wildman–Crippen MR) is 84.0 cm³/mol. The lowest BCUT2D eigenvalue weighted by molar-refractivity contribution is 0.0672. The molecule has 0 saturated carbocycles. The summed E-state index contributed by atoms with van der Waals surface area (Å²) in [4.78, 5) is 23.4. The number of carbonyl (C=O) groups is 1. The van der Waals surface area contributed by atoms with E-state index in [4.69, 9.17) is 22.1 Å². The Bertz CT molecular complexity index is 760. The van der Waals surface area contributed by atoms with Crippen LogP contribution >= 0.6 is 11.6 Å². The number of nitrogen functional groups attached to an aromatic ring is 1. The summed E-state index contributed by atoms with van der Waals surface area (Å²) in [5.74, 6) is 0.365. The molecule has 0 saturated heterocycles. The lowest BCUT2D eigenvalue weighted by Gasteiger charge is -2.20. The number of fused-ring (bicyclic) bond motifs is 1. The molecule has 0 unspecified atom stereocenters. The minimum atomic E-state index is -0.673. The van der Waals surface area contributed by atoms with E-state index in [0.29, 0.717) is 24.2 Å². The van der Waals surface area contributed by atoms with Gasteiger partial charge in [-0.25, -0.2) is 9.78 Å². The Kier molecular flexibility index (Phi) is 4.33. The van der Waals surface area contributed by atoms with E-state index < -0.39 is 6.16 Å². The fourth-order valence-corrected chi connectivity index (χ4v) is 2.99. The van der Waals surface area contributed by atoms with Crippen LogP contribution in [0.3, 0.4) is 0 Å². The first-order chi connectivity index (χ1) is 11.1. The molecule has 3 rings (SSSR count). The highest BCUT2D eigenvalue weighted by Crippen LogP contribution is 2.35. The van der Waals surface area contributed by atoms with Crippen molar-refractivity contribution >= 4 is 34.9 Å². The van der Waals surface area contributed by atoms with Gasteiger partial charge in [0, 0.05) is 0 Å². The van der Waals surface area contributed by atoms with Gasteiger partial charge in [0.2, 0.25) is 5.95 Å². The molecule has 1 aliphatic carbocycles. The fourth-order valence-electron chi connectivity index (χ4n) is 2.77. The number of imidazole rings is 1. The molecular weight excluding hydrogens is 322 g/mol. The van der Waals surface area contributed by atoms with Crippen molar-refractivity contribution in [2.45, 2.75) is 18.9 Å². The van der Waals surface area contributed by atoms with E-state index >= 15 is 0 Å². The number of anilines is 1. The third kappa shape index (κ3) is 3.07. The summed E-state index contributed by atoms with van der Waals surface area (Å²) < 4.78 is 11.3. The van der Waals surface area contributed by atoms with E-state index in [9.17, 15) is 4.79 Å². The third-order valence-electron chi connectivity index (χ3n) is 3.85. The zero-order valence-electron chi connectivity index (χ0n) is 12.5. The molecule has 2 atom stereocenters. The van der Waals surface area contributed by atoms with Crippen molar-refractivity contribution in [3.63, 3.8) is 0 Å². The quantitative estimate of drug-likeness (QED) is 0.518. The Morgan fingerprint density at radius 1 is 1.52 bits per heavy atom. The normalized spacial score (nSPS) is 20.1. The number of halogens is 1. The monoisotopic (exact) mass is 337 g/mol. The van der Waals surface area contributed by atoms with Gasteiger partial charge >= 0.3 is 6.16 Å². The smallest absolute Gasteiger partial charge is 0.438 e. The molecule has 2 aromatic rings. The summed E-state index contributed by atoms with van der Waals surface area (Å²) in [5, 5.41) is 0.235. The lowest BCUT2D eigenvalue weighted by Crippen LogP contribution is -2.17. The van der Waals surface area contributed by atoms with Crippen LogP contribution in [0.1, 0.15) is 18.9 Å². The fraction of sp³-hybridized carbons (Fsp3) is 0.429. The highest BCUT2D eigenvalue weighted by atomic mass is 35.5. The van der Waals surface area contributed by atoms with Crippen LogP contribution in [-0.2, 0) is 9.47 Å². The van der Waals surface area contributed by atoms with Gasteiger partial charge in [-0.05, 0) is 18.8 Å². The van der Waals surface area contributed by atoms with E-state index in [-0.39, 0.29) is 23.1 Å². The molecule has 1 aliphatic rings. The van der Waals surface area contributed by atoms with Gasteiger partial charge in [-0.2, -0.15) is 9.97 Å². The second kappa shape index (κ2) is 6.41. The van der Waals surface area contributed by atoms with Crippen LogP contribution in [0.5, 0.6) is 0 Å². The zero-order valence-corrected chi connectivity index (χ0v) is 13.2. The maximum absolute atomic E-state index is 11.0. The molecule has 0 amide bonds. The Balaban J connectivity index is 1.80. The zero-order chi connectivity index (χ0) is 16.4. The molecule has 2 aromatic heterocycles. The molecule has 0 aliphatic heterocycles. The minimum Gasteiger partial charge on any atom is -0.438 e. The van der Waals surface area contributed by atoms with Crippen molar-refractivity contribution in [3.8, 4) is 0 Å². The van der Waals surface area contributed by atoms with E-state index in [0.717, 1.165) is 6.42 Å². The summed E-state index contributed by atoms with van der Waals surface area (Å²) in [7, 11) is 1.29. The highest BCUT2D eigenvalue weighted by Gasteiger charge is 2.27. The summed E-state index contributed by atoms with van der Waals surface area (Å²) in [6.07, 6.45) is 6.75. The molecule has 122 valence electrons. The Morgan fingerprint density at radius 2 is 2.35 bits per heavy atom. The predicted octanol–water partition coefficient (Wildman–Crippen LogP) is 2.35. The molecule has 23 heavy (non-hydrogen) atoms. The van der Waals surface area contributed by atoms with Gasteiger partial charge in [0.05, 0.1) is 26.1 Å². The lowest BCUT2D eigenvalue weighted by atomic mass is 9.99. The molecular formula is C14H16ClN5O3. The van der Waals surface area contributed by atoms with Gasteiger partial charge in [0.25, 0.3) is 0 Å². The van der Waals surface area contributed by atoms with Crippen molar-refractivity contribution in [2.75, 3.05) is 19.5 Å². The summed E-state index contributed by atoms with van der Waals surface area (Å²) in [5.41, 5.74) is 6.79. The van der Waals surface area contributed by atoms with Crippen molar-refractivity contribution in [2.24, 2.45) is 5.92 Å². The largest absolute Gasteiger partial charge is 0.507 e. The minimum absolute atomic E-state index is 0.0478. The molecule has 2 heterocycles. The number of rotatable bonds is 4. The van der Waals surface area contributed by atoms with Gasteiger partial charge in [-0.3, -0.25) is 0 Å². The third-order valence-corrected chi connectivity index (χ3v) is 4.11. The van der Waals surface area contributed by atoms with Gasteiger partial charge in [0.1, 0.15) is 5.52 Å². The Morgan fingerprint density at radius 3 is 3.13 bits per heavy atom. The Labute approximate surface area is 137 Å². The number of hydrogen-bond acceptors (Lipinski definition) is 7. The van der Waals surface area contributed by atoms with Crippen molar-refractivity contribution in [3.05, 3.63) is 23.6 Å². The number of aromatic nitrogens is 4. The average Bonchev–Trinajstić information content (AvgIpc) is 3.13. The molecule has 0 bridgehead atoms. The van der Waals surface area contributed by atoms with Crippen LogP contribution in [0.4, 0.5) is 10.7 Å².